The van der Waals surface area contributed by atoms with E-state index in [0.29, 0.717) is 11.5 Å². The van der Waals surface area contributed by atoms with Crippen LogP contribution in [0, 0.1) is 6.33 Å². The van der Waals surface area contributed by atoms with Crippen LogP contribution >= 0.6 is 0 Å². The van der Waals surface area contributed by atoms with E-state index in [0.717, 1.165) is 10.9 Å². The van der Waals surface area contributed by atoms with Gasteiger partial charge in [0.2, 0.25) is 0 Å². The van der Waals surface area contributed by atoms with E-state index in [9.17, 15) is 0 Å². The van der Waals surface area contributed by atoms with Crippen LogP contribution in [0.5, 0.6) is 0 Å². The fraction of sp³-hybridized carbons (Fsp3) is 0. The third kappa shape index (κ3) is 1.36. The van der Waals surface area contributed by atoms with Crippen molar-refractivity contribution in [3.05, 3.63) is 43.0 Å². The Kier molecular flexibility index (Phi) is 1.71. The number of benzene rings is 1. The van der Waals surface area contributed by atoms with Crippen molar-refractivity contribution >= 4 is 10.9 Å². The maximum atomic E-state index is 4.40. The molecule has 2 aromatic heterocycles. The summed E-state index contributed by atoms with van der Waals surface area (Å²) in [5.41, 5.74) is 1.63. The van der Waals surface area contributed by atoms with Crippen LogP contribution in [0.2, 0.25) is 0 Å². The van der Waals surface area contributed by atoms with Crippen LogP contribution in [0.4, 0.5) is 0 Å². The normalized spacial score (nSPS) is 10.7. The van der Waals surface area contributed by atoms with Gasteiger partial charge in [-0.05, 0) is 6.07 Å². The molecule has 0 unspecified atom stereocenters. The molecule has 0 amide bonds. The minimum Gasteiger partial charge on any atom is -0.341 e. The van der Waals surface area contributed by atoms with Gasteiger partial charge in [0.1, 0.15) is 5.69 Å². The van der Waals surface area contributed by atoms with Crippen LogP contribution in [0.15, 0.2) is 36.7 Å². The van der Waals surface area contributed by atoms with E-state index in [1.165, 1.54) is 0 Å². The molecule has 0 fully saturated rings. The van der Waals surface area contributed by atoms with E-state index in [-0.39, 0.29) is 0 Å². The van der Waals surface area contributed by atoms with Crippen molar-refractivity contribution in [1.82, 2.24) is 19.9 Å². The van der Waals surface area contributed by atoms with Gasteiger partial charge in [-0.2, -0.15) is 0 Å². The zero-order chi connectivity index (χ0) is 10.1. The third-order valence-electron chi connectivity index (χ3n) is 2.17. The number of aromatic amines is 1. The fourth-order valence-corrected chi connectivity index (χ4v) is 1.44. The molecule has 15 heavy (non-hydrogen) atoms. The predicted molar refractivity (Wildman–Crippen MR) is 56.0 cm³/mol. The summed E-state index contributed by atoms with van der Waals surface area (Å²) in [7, 11) is 0. The number of hydrogen-bond acceptors (Lipinski definition) is 3. The molecule has 1 radical (unpaired) electrons. The molecule has 0 saturated carbocycles. The van der Waals surface area contributed by atoms with Crippen LogP contribution < -0.4 is 0 Å². The van der Waals surface area contributed by atoms with E-state index in [1.807, 2.05) is 24.3 Å². The summed E-state index contributed by atoms with van der Waals surface area (Å²) in [6.45, 7) is 0. The maximum absolute atomic E-state index is 4.40. The molecule has 0 aliphatic heterocycles. The Morgan fingerprint density at radius 1 is 1.20 bits per heavy atom. The highest BCUT2D eigenvalue weighted by Gasteiger charge is 2.03. The van der Waals surface area contributed by atoms with Gasteiger partial charge in [0.25, 0.3) is 0 Å². The Bertz CT molecular complexity index is 586. The summed E-state index contributed by atoms with van der Waals surface area (Å²) >= 11 is 0. The lowest BCUT2D eigenvalue weighted by Crippen LogP contribution is -1.89. The van der Waals surface area contributed by atoms with Gasteiger partial charge in [0.05, 0.1) is 5.52 Å². The van der Waals surface area contributed by atoms with Crippen molar-refractivity contribution < 1.29 is 0 Å². The molecule has 4 nitrogen and oxygen atoms in total. The van der Waals surface area contributed by atoms with E-state index in [1.54, 1.807) is 12.4 Å². The summed E-state index contributed by atoms with van der Waals surface area (Å²) in [4.78, 5) is 15.4. The minimum absolute atomic E-state index is 0.617. The van der Waals surface area contributed by atoms with Crippen molar-refractivity contribution in [3.63, 3.8) is 0 Å². The molecule has 0 atom stereocenters. The first-order chi connectivity index (χ1) is 7.43. The molecule has 0 aliphatic carbocycles. The number of fused-ring (bicyclic) bond motifs is 1. The Morgan fingerprint density at radius 2 is 2.13 bits per heavy atom. The van der Waals surface area contributed by atoms with Crippen LogP contribution in [0.25, 0.3) is 22.4 Å². The van der Waals surface area contributed by atoms with Gasteiger partial charge in [-0.15, -0.1) is 0 Å². The summed E-state index contributed by atoms with van der Waals surface area (Å²) < 4.78 is 0. The molecular weight excluding hydrogens is 188 g/mol. The average Bonchev–Trinajstić information content (AvgIpc) is 2.82. The second-order valence-electron chi connectivity index (χ2n) is 3.15. The van der Waals surface area contributed by atoms with Crippen LogP contribution in [-0.2, 0) is 0 Å². The van der Waals surface area contributed by atoms with E-state index in [2.05, 4.69) is 26.3 Å². The van der Waals surface area contributed by atoms with E-state index < -0.39 is 0 Å². The van der Waals surface area contributed by atoms with Gasteiger partial charge >= 0.3 is 0 Å². The Labute approximate surface area is 86.0 Å². The van der Waals surface area contributed by atoms with E-state index >= 15 is 0 Å². The summed E-state index contributed by atoms with van der Waals surface area (Å²) in [6, 6.07) is 7.86. The third-order valence-corrected chi connectivity index (χ3v) is 2.17. The minimum atomic E-state index is 0.617. The number of para-hydroxylation sites is 1. The fourth-order valence-electron chi connectivity index (χ4n) is 1.44. The predicted octanol–water partition coefficient (Wildman–Crippen LogP) is 1.82. The number of nitrogens with one attached hydrogen (secondary N) is 1. The SMILES string of the molecule is [c]1nc(-c2ncc3ccccc3n2)c[nH]1. The molecule has 0 aliphatic rings. The lowest BCUT2D eigenvalue weighted by Gasteiger charge is -1.98. The standard InChI is InChI=1S/C11H7N4/c1-2-4-9-8(3-1)5-13-11(15-9)10-6-12-7-14-10/h1-6H,(H,12,14). The molecule has 4 heteroatoms. The molecule has 2 heterocycles. The highest BCUT2D eigenvalue weighted by Crippen LogP contribution is 2.15. The Balaban J connectivity index is 2.22. The molecule has 0 saturated heterocycles. The van der Waals surface area contributed by atoms with Crippen molar-refractivity contribution in [2.24, 2.45) is 0 Å². The van der Waals surface area contributed by atoms with Gasteiger partial charge in [-0.1, -0.05) is 18.2 Å². The molecule has 0 bridgehead atoms. The number of imidazole rings is 1. The number of rotatable bonds is 1. The van der Waals surface area contributed by atoms with Crippen molar-refractivity contribution in [3.8, 4) is 11.5 Å². The number of aromatic nitrogens is 4. The Hall–Kier alpha value is -2.23. The highest BCUT2D eigenvalue weighted by atomic mass is 14.9. The van der Waals surface area contributed by atoms with E-state index in [4.69, 9.17) is 0 Å². The molecule has 71 valence electrons. The molecule has 1 aromatic carbocycles. The quantitative estimate of drug-likeness (QED) is 0.644. The second-order valence-corrected chi connectivity index (χ2v) is 3.15. The Morgan fingerprint density at radius 3 is 3.00 bits per heavy atom. The lowest BCUT2D eigenvalue weighted by atomic mass is 10.2. The van der Waals surface area contributed by atoms with Gasteiger partial charge < -0.3 is 4.98 Å². The first-order valence-corrected chi connectivity index (χ1v) is 4.57. The second kappa shape index (κ2) is 3.16. The first kappa shape index (κ1) is 8.11. The summed E-state index contributed by atoms with van der Waals surface area (Å²) in [5.74, 6) is 0.617. The zero-order valence-corrected chi connectivity index (χ0v) is 7.81. The smallest absolute Gasteiger partial charge is 0.180 e. The van der Waals surface area contributed by atoms with Crippen LogP contribution in [0.1, 0.15) is 0 Å². The van der Waals surface area contributed by atoms with Crippen LogP contribution in [-0.4, -0.2) is 19.9 Å². The number of hydrogen-bond donors (Lipinski definition) is 1. The highest BCUT2D eigenvalue weighted by molar-refractivity contribution is 5.78. The van der Waals surface area contributed by atoms with Crippen molar-refractivity contribution in [2.45, 2.75) is 0 Å². The molecule has 0 spiro atoms. The number of nitrogens with zero attached hydrogens (tertiary/aromatic N) is 3. The molecular formula is C11H7N4. The summed E-state index contributed by atoms with van der Waals surface area (Å²) in [6.07, 6.45) is 6.15. The number of H-pyrrole nitrogens is 1. The summed E-state index contributed by atoms with van der Waals surface area (Å²) in [5, 5.41) is 1.03. The van der Waals surface area contributed by atoms with Gasteiger partial charge in [0.15, 0.2) is 12.2 Å². The zero-order valence-electron chi connectivity index (χ0n) is 7.81. The van der Waals surface area contributed by atoms with Gasteiger partial charge in [-0.25, -0.2) is 15.0 Å². The van der Waals surface area contributed by atoms with Crippen LogP contribution in [0.3, 0.4) is 0 Å². The molecule has 1 N–H and O–H groups in total. The van der Waals surface area contributed by atoms with Gasteiger partial charge in [-0.3, -0.25) is 0 Å². The van der Waals surface area contributed by atoms with Gasteiger partial charge in [0, 0.05) is 17.8 Å². The molecule has 3 aromatic rings. The lowest BCUT2D eigenvalue weighted by molar-refractivity contribution is 1.19. The van der Waals surface area contributed by atoms with Crippen molar-refractivity contribution in [2.75, 3.05) is 0 Å². The first-order valence-electron chi connectivity index (χ1n) is 4.57. The molecule has 3 rings (SSSR count). The topological polar surface area (TPSA) is 54.5 Å². The van der Waals surface area contributed by atoms with Crippen molar-refractivity contribution in [1.29, 1.82) is 0 Å². The average molecular weight is 195 g/mol. The monoisotopic (exact) mass is 195 g/mol. The largest absolute Gasteiger partial charge is 0.341 e. The maximum Gasteiger partial charge on any atom is 0.180 e.